The first-order valence-electron chi connectivity index (χ1n) is 5.26. The molecule has 0 aliphatic carbocycles. The maximum atomic E-state index is 11.5. The third-order valence-corrected chi connectivity index (χ3v) is 2.23. The van der Waals surface area contributed by atoms with Crippen LogP contribution in [0.1, 0.15) is 10.4 Å². The highest BCUT2D eigenvalue weighted by atomic mass is 16.5. The molecular formula is C13H16O5. The molecule has 1 aromatic carbocycles. The molecule has 1 rings (SSSR count). The van der Waals surface area contributed by atoms with Crippen molar-refractivity contribution >= 4 is 5.97 Å². The molecule has 5 nitrogen and oxygen atoms in total. The van der Waals surface area contributed by atoms with Crippen LogP contribution in [0.15, 0.2) is 24.8 Å². The van der Waals surface area contributed by atoms with Crippen LogP contribution in [0.4, 0.5) is 0 Å². The quantitative estimate of drug-likeness (QED) is 0.573. The first-order valence-corrected chi connectivity index (χ1v) is 5.26. The number of benzene rings is 1. The summed E-state index contributed by atoms with van der Waals surface area (Å²) in [6.45, 7) is 3.87. The molecule has 98 valence electrons. The van der Waals surface area contributed by atoms with E-state index in [1.165, 1.54) is 33.5 Å². The molecular weight excluding hydrogens is 236 g/mol. The van der Waals surface area contributed by atoms with E-state index in [4.69, 9.17) is 14.2 Å². The molecule has 0 amide bonds. The molecule has 0 aliphatic heterocycles. The predicted octanol–water partition coefficient (Wildman–Crippen LogP) is 2.06. The van der Waals surface area contributed by atoms with Crippen LogP contribution in [0.2, 0.25) is 0 Å². The van der Waals surface area contributed by atoms with E-state index in [2.05, 4.69) is 11.3 Å². The Kier molecular flexibility index (Phi) is 5.05. The van der Waals surface area contributed by atoms with Crippen molar-refractivity contribution in [1.29, 1.82) is 0 Å². The van der Waals surface area contributed by atoms with Gasteiger partial charge in [-0.25, -0.2) is 4.79 Å². The van der Waals surface area contributed by atoms with Crippen molar-refractivity contribution < 1.29 is 23.7 Å². The van der Waals surface area contributed by atoms with E-state index in [0.717, 1.165) is 0 Å². The molecule has 0 saturated carbocycles. The minimum Gasteiger partial charge on any atom is -0.493 e. The summed E-state index contributed by atoms with van der Waals surface area (Å²) in [5.74, 6) is 0.752. The molecule has 0 atom stereocenters. The molecule has 0 spiro atoms. The number of rotatable bonds is 6. The fraction of sp³-hybridized carbons (Fsp3) is 0.308. The number of carbonyl (C=O) groups is 1. The summed E-state index contributed by atoms with van der Waals surface area (Å²) in [6, 6.07) is 3.07. The molecule has 5 heteroatoms. The average molecular weight is 252 g/mol. The number of methoxy groups -OCH3 is 3. The van der Waals surface area contributed by atoms with Gasteiger partial charge in [-0.1, -0.05) is 12.7 Å². The van der Waals surface area contributed by atoms with Crippen molar-refractivity contribution in [2.24, 2.45) is 0 Å². The Bertz CT molecular complexity index is 414. The van der Waals surface area contributed by atoms with Gasteiger partial charge in [-0.2, -0.15) is 0 Å². The fourth-order valence-corrected chi connectivity index (χ4v) is 1.40. The minimum absolute atomic E-state index is 0.310. The summed E-state index contributed by atoms with van der Waals surface area (Å²) >= 11 is 0. The smallest absolute Gasteiger partial charge is 0.338 e. The Hall–Kier alpha value is -2.17. The molecule has 0 aliphatic rings. The van der Waals surface area contributed by atoms with Crippen molar-refractivity contribution in [1.82, 2.24) is 0 Å². The molecule has 0 radical (unpaired) electrons. The van der Waals surface area contributed by atoms with Crippen molar-refractivity contribution in [2.75, 3.05) is 27.9 Å². The summed E-state index contributed by atoms with van der Waals surface area (Å²) in [4.78, 5) is 11.5. The molecule has 0 N–H and O–H groups in total. The zero-order chi connectivity index (χ0) is 13.5. The Labute approximate surface area is 106 Å². The largest absolute Gasteiger partial charge is 0.493 e. The zero-order valence-electron chi connectivity index (χ0n) is 10.7. The maximum absolute atomic E-state index is 11.5. The van der Waals surface area contributed by atoms with Crippen LogP contribution in [-0.4, -0.2) is 33.9 Å². The van der Waals surface area contributed by atoms with Gasteiger partial charge < -0.3 is 18.9 Å². The van der Waals surface area contributed by atoms with E-state index >= 15 is 0 Å². The van der Waals surface area contributed by atoms with Crippen LogP contribution in [0.25, 0.3) is 0 Å². The Morgan fingerprint density at radius 3 is 2.17 bits per heavy atom. The van der Waals surface area contributed by atoms with Crippen molar-refractivity contribution in [2.45, 2.75) is 0 Å². The van der Waals surface area contributed by atoms with Gasteiger partial charge in [0.1, 0.15) is 6.61 Å². The molecule has 0 aromatic heterocycles. The first-order chi connectivity index (χ1) is 8.67. The van der Waals surface area contributed by atoms with Crippen LogP contribution in [0, 0.1) is 0 Å². The number of hydrogen-bond donors (Lipinski definition) is 0. The normalized spacial score (nSPS) is 9.50. The second-order valence-corrected chi connectivity index (χ2v) is 3.30. The van der Waals surface area contributed by atoms with Crippen LogP contribution in [0.3, 0.4) is 0 Å². The summed E-state index contributed by atoms with van der Waals surface area (Å²) in [7, 11) is 4.27. The number of carbonyl (C=O) groups excluding carboxylic acids is 1. The first kappa shape index (κ1) is 13.9. The summed E-state index contributed by atoms with van der Waals surface area (Å²) in [5.41, 5.74) is 0.331. The summed E-state index contributed by atoms with van der Waals surface area (Å²) < 4.78 is 20.4. The Morgan fingerprint density at radius 2 is 1.78 bits per heavy atom. The van der Waals surface area contributed by atoms with Gasteiger partial charge in [0, 0.05) is 0 Å². The van der Waals surface area contributed by atoms with E-state index in [1.54, 1.807) is 6.08 Å². The SMILES string of the molecule is C=CCOc1c(OC)cc(C(=O)OC)cc1OC. The van der Waals surface area contributed by atoms with Gasteiger partial charge in [0.15, 0.2) is 11.5 Å². The van der Waals surface area contributed by atoms with Gasteiger partial charge in [0.25, 0.3) is 0 Å². The average Bonchev–Trinajstić information content (AvgIpc) is 2.43. The van der Waals surface area contributed by atoms with Gasteiger partial charge in [0.2, 0.25) is 5.75 Å². The monoisotopic (exact) mass is 252 g/mol. The van der Waals surface area contributed by atoms with Gasteiger partial charge in [-0.15, -0.1) is 0 Å². The van der Waals surface area contributed by atoms with Crippen LogP contribution in [-0.2, 0) is 4.74 Å². The van der Waals surface area contributed by atoms with E-state index in [9.17, 15) is 4.79 Å². The van der Waals surface area contributed by atoms with E-state index < -0.39 is 5.97 Å². The summed E-state index contributed by atoms with van der Waals surface area (Å²) in [6.07, 6.45) is 1.60. The third-order valence-electron chi connectivity index (χ3n) is 2.23. The van der Waals surface area contributed by atoms with Gasteiger partial charge in [-0.05, 0) is 12.1 Å². The van der Waals surface area contributed by atoms with E-state index in [1.807, 2.05) is 0 Å². The molecule has 0 saturated heterocycles. The number of hydrogen-bond acceptors (Lipinski definition) is 5. The van der Waals surface area contributed by atoms with Crippen molar-refractivity contribution in [3.8, 4) is 17.2 Å². The Balaban J connectivity index is 3.24. The molecule has 0 heterocycles. The highest BCUT2D eigenvalue weighted by Crippen LogP contribution is 2.38. The Morgan fingerprint density at radius 1 is 1.22 bits per heavy atom. The second-order valence-electron chi connectivity index (χ2n) is 3.30. The summed E-state index contributed by atoms with van der Waals surface area (Å²) in [5, 5.41) is 0. The molecule has 18 heavy (non-hydrogen) atoms. The number of ether oxygens (including phenoxy) is 4. The highest BCUT2D eigenvalue weighted by Gasteiger charge is 2.17. The van der Waals surface area contributed by atoms with E-state index in [-0.39, 0.29) is 0 Å². The van der Waals surface area contributed by atoms with Crippen molar-refractivity contribution in [3.05, 3.63) is 30.4 Å². The lowest BCUT2D eigenvalue weighted by Gasteiger charge is -2.14. The van der Waals surface area contributed by atoms with E-state index in [0.29, 0.717) is 29.4 Å². The maximum Gasteiger partial charge on any atom is 0.338 e. The van der Waals surface area contributed by atoms with Crippen LogP contribution in [0.5, 0.6) is 17.2 Å². The lowest BCUT2D eigenvalue weighted by atomic mass is 10.2. The molecule has 0 bridgehead atoms. The third kappa shape index (κ3) is 2.94. The lowest BCUT2D eigenvalue weighted by molar-refractivity contribution is 0.0600. The van der Waals surface area contributed by atoms with Gasteiger partial charge in [0.05, 0.1) is 26.9 Å². The number of esters is 1. The second kappa shape index (κ2) is 6.54. The zero-order valence-corrected chi connectivity index (χ0v) is 10.7. The molecule has 0 unspecified atom stereocenters. The lowest BCUT2D eigenvalue weighted by Crippen LogP contribution is -2.05. The molecule has 1 aromatic rings. The van der Waals surface area contributed by atoms with Crippen LogP contribution < -0.4 is 14.2 Å². The minimum atomic E-state index is -0.470. The van der Waals surface area contributed by atoms with Crippen molar-refractivity contribution in [3.63, 3.8) is 0 Å². The van der Waals surface area contributed by atoms with Gasteiger partial charge in [-0.3, -0.25) is 0 Å². The fourth-order valence-electron chi connectivity index (χ4n) is 1.40. The predicted molar refractivity (Wildman–Crippen MR) is 66.6 cm³/mol. The molecule has 0 fully saturated rings. The van der Waals surface area contributed by atoms with Gasteiger partial charge >= 0.3 is 5.97 Å². The standard InChI is InChI=1S/C13H16O5/c1-5-6-18-12-10(15-2)7-9(13(14)17-4)8-11(12)16-3/h5,7-8H,1,6H2,2-4H3. The topological polar surface area (TPSA) is 54.0 Å². The van der Waals surface area contributed by atoms with Crippen LogP contribution >= 0.6 is 0 Å². The highest BCUT2D eigenvalue weighted by molar-refractivity contribution is 5.91.